The van der Waals surface area contributed by atoms with Gasteiger partial charge in [0.2, 0.25) is 11.8 Å². The number of aromatic nitrogens is 1. The molecule has 0 bridgehead atoms. The minimum Gasteiger partial charge on any atom is -0.384 e. The first-order valence-electron chi connectivity index (χ1n) is 16.9. The van der Waals surface area contributed by atoms with Crippen molar-refractivity contribution in [3.05, 3.63) is 60.8 Å². The Morgan fingerprint density at radius 1 is 1.09 bits per heavy atom. The summed E-state index contributed by atoms with van der Waals surface area (Å²) >= 11 is 0. The quantitative estimate of drug-likeness (QED) is 0.325. The van der Waals surface area contributed by atoms with Gasteiger partial charge in [0.05, 0.1) is 5.69 Å². The number of nitrogens with one attached hydrogen (secondary N) is 4. The molecule has 47 heavy (non-hydrogen) atoms. The number of benzene rings is 1. The lowest BCUT2D eigenvalue weighted by Crippen LogP contribution is -2.57. The fourth-order valence-electron chi connectivity index (χ4n) is 7.50. The lowest BCUT2D eigenvalue weighted by atomic mass is 9.98. The number of pyridine rings is 1. The Balaban J connectivity index is 1.27. The zero-order valence-corrected chi connectivity index (χ0v) is 28.2. The molecule has 6 atom stereocenters. The average molecular weight is 663 g/mol. The van der Waals surface area contributed by atoms with Crippen molar-refractivity contribution in [3.8, 4) is 0 Å². The number of rotatable bonds is 7. The molecule has 12 heteroatoms. The lowest BCUT2D eigenvalue weighted by Gasteiger charge is -2.31. The van der Waals surface area contributed by atoms with Crippen molar-refractivity contribution < 1.29 is 22.8 Å². The van der Waals surface area contributed by atoms with E-state index in [9.17, 15) is 22.8 Å². The molecule has 2 aliphatic heterocycles. The van der Waals surface area contributed by atoms with Crippen molar-refractivity contribution >= 4 is 39.3 Å². The molecule has 1 aromatic heterocycles. The van der Waals surface area contributed by atoms with Crippen LogP contribution in [-0.4, -0.2) is 66.7 Å². The molecule has 252 valence electrons. The highest BCUT2D eigenvalue weighted by Gasteiger charge is 2.65. The Bertz CT molecular complexity index is 1650. The number of hydrogen-bond acceptors (Lipinski definition) is 8. The van der Waals surface area contributed by atoms with Crippen LogP contribution in [0.1, 0.15) is 65.7 Å². The number of hydrogen-bond donors (Lipinski definition) is 4. The number of carbonyl (C=O) groups is 3. The van der Waals surface area contributed by atoms with Gasteiger partial charge in [0.25, 0.3) is 15.9 Å². The van der Waals surface area contributed by atoms with Crippen LogP contribution in [0.5, 0.6) is 0 Å². The highest BCUT2D eigenvalue weighted by molar-refractivity contribution is 7.90. The summed E-state index contributed by atoms with van der Waals surface area (Å²) in [4.78, 5) is 48.5. The van der Waals surface area contributed by atoms with Crippen molar-refractivity contribution in [2.75, 3.05) is 23.7 Å². The molecule has 2 unspecified atom stereocenters. The van der Waals surface area contributed by atoms with Crippen LogP contribution in [0.25, 0.3) is 0 Å². The van der Waals surface area contributed by atoms with E-state index in [0.29, 0.717) is 36.9 Å². The maximum atomic E-state index is 14.3. The summed E-state index contributed by atoms with van der Waals surface area (Å²) in [7, 11) is -4.25. The largest absolute Gasteiger partial charge is 0.384 e. The van der Waals surface area contributed by atoms with Gasteiger partial charge in [-0.1, -0.05) is 57.5 Å². The topological polar surface area (TPSA) is 150 Å². The summed E-state index contributed by atoms with van der Waals surface area (Å²) in [6, 6.07) is 10.6. The molecule has 1 aromatic carbocycles. The highest BCUT2D eigenvalue weighted by Crippen LogP contribution is 2.61. The zero-order chi connectivity index (χ0) is 33.4. The molecular formula is C35H46N6O5S. The van der Waals surface area contributed by atoms with Crippen molar-refractivity contribution in [1.29, 1.82) is 0 Å². The molecular weight excluding hydrogens is 616 g/mol. The first-order chi connectivity index (χ1) is 22.5. The van der Waals surface area contributed by atoms with E-state index in [1.807, 2.05) is 38.1 Å². The van der Waals surface area contributed by atoms with E-state index in [-0.39, 0.29) is 34.5 Å². The molecule has 2 aliphatic carbocycles. The summed E-state index contributed by atoms with van der Waals surface area (Å²) < 4.78 is 29.4. The number of fused-ring (bicyclic) bond motifs is 2. The summed E-state index contributed by atoms with van der Waals surface area (Å²) in [5, 5.41) is 9.46. The third kappa shape index (κ3) is 6.61. The van der Waals surface area contributed by atoms with Crippen LogP contribution in [0.2, 0.25) is 0 Å². The first-order valence-corrected chi connectivity index (χ1v) is 18.3. The van der Waals surface area contributed by atoms with Gasteiger partial charge in [-0.3, -0.25) is 14.4 Å². The first kappa shape index (κ1) is 33.0. The molecule has 2 saturated carbocycles. The molecule has 6 rings (SSSR count). The minimum atomic E-state index is -4.25. The molecule has 3 heterocycles. The minimum absolute atomic E-state index is 0.0198. The average Bonchev–Trinajstić information content (AvgIpc) is 3.90. The van der Waals surface area contributed by atoms with Gasteiger partial charge < -0.3 is 20.9 Å². The number of amides is 3. The van der Waals surface area contributed by atoms with E-state index >= 15 is 0 Å². The van der Waals surface area contributed by atoms with Gasteiger partial charge in [-0.25, -0.2) is 18.1 Å². The third-order valence-corrected chi connectivity index (χ3v) is 11.8. The van der Waals surface area contributed by atoms with E-state index in [0.717, 1.165) is 32.1 Å². The molecule has 1 saturated heterocycles. The van der Waals surface area contributed by atoms with Gasteiger partial charge in [-0.05, 0) is 80.0 Å². The van der Waals surface area contributed by atoms with Gasteiger partial charge >= 0.3 is 0 Å². The number of carbonyl (C=O) groups excluding carboxylic acids is 3. The van der Waals surface area contributed by atoms with Crippen LogP contribution < -0.4 is 20.7 Å². The Morgan fingerprint density at radius 3 is 2.60 bits per heavy atom. The van der Waals surface area contributed by atoms with Gasteiger partial charge in [-0.2, -0.15) is 0 Å². The normalized spacial score (nSPS) is 30.9. The standard InChI is InChI=1S/C35H46N6O5S/c1-4-24-19-34(24)21-27(41(22-34)32(43)30(23(2)3)38-29-16-10-12-18-37-29)31(42)39-35-20-25(35)13-7-5-6-11-17-36-26-14-8-9-15-28(26)47(45,46)40-33(35)44/h7-10,12-16,18,23-25,27,30,36H,4-6,11,17,19-22H2,1-3H3,(H,37,38)(H,39,42)(H,40,44)/b13-7-/t24-,25+,27+,30?,34?,35-/m1/s1. The molecule has 3 fully saturated rings. The maximum Gasteiger partial charge on any atom is 0.266 e. The maximum absolute atomic E-state index is 14.3. The van der Waals surface area contributed by atoms with Crippen LogP contribution in [-0.2, 0) is 24.4 Å². The molecule has 2 aromatic rings. The number of anilines is 2. The van der Waals surface area contributed by atoms with Gasteiger partial charge in [0.1, 0.15) is 28.3 Å². The number of likely N-dealkylation sites (tertiary alicyclic amines) is 1. The van der Waals surface area contributed by atoms with Crippen LogP contribution in [0.4, 0.5) is 11.5 Å². The van der Waals surface area contributed by atoms with Crippen molar-refractivity contribution in [3.63, 3.8) is 0 Å². The van der Waals surface area contributed by atoms with Crippen LogP contribution in [0.15, 0.2) is 65.7 Å². The highest BCUT2D eigenvalue weighted by atomic mass is 32.2. The van der Waals surface area contributed by atoms with E-state index in [1.165, 1.54) is 6.07 Å². The fourth-order valence-corrected chi connectivity index (χ4v) is 8.72. The van der Waals surface area contributed by atoms with Crippen LogP contribution in [0.3, 0.4) is 0 Å². The van der Waals surface area contributed by atoms with E-state index in [2.05, 4.69) is 32.6 Å². The fraction of sp³-hybridized carbons (Fsp3) is 0.543. The Morgan fingerprint density at radius 2 is 1.87 bits per heavy atom. The van der Waals surface area contributed by atoms with Crippen molar-refractivity contribution in [2.45, 2.75) is 88.2 Å². The number of sulfonamides is 1. The number of nitrogens with zero attached hydrogens (tertiary/aromatic N) is 2. The van der Waals surface area contributed by atoms with Gasteiger partial charge in [-0.15, -0.1) is 0 Å². The number of allylic oxidation sites excluding steroid dienone is 1. The van der Waals surface area contributed by atoms with Crippen molar-refractivity contribution in [1.82, 2.24) is 19.9 Å². The van der Waals surface area contributed by atoms with Crippen LogP contribution in [0, 0.1) is 23.2 Å². The predicted octanol–water partition coefficient (Wildman–Crippen LogP) is 4.07. The van der Waals surface area contributed by atoms with E-state index < -0.39 is 39.5 Å². The Labute approximate surface area is 277 Å². The Kier molecular flexibility index (Phi) is 9.08. The number of para-hydroxylation sites is 1. The summed E-state index contributed by atoms with van der Waals surface area (Å²) in [5.74, 6) is -0.837. The summed E-state index contributed by atoms with van der Waals surface area (Å²) in [6.07, 6.45) is 10.8. The summed E-state index contributed by atoms with van der Waals surface area (Å²) in [5.41, 5.74) is -1.15. The molecule has 11 nitrogen and oxygen atoms in total. The molecule has 0 radical (unpaired) electrons. The van der Waals surface area contributed by atoms with Gasteiger partial charge in [0.15, 0.2) is 0 Å². The molecule has 4 N–H and O–H groups in total. The third-order valence-electron chi connectivity index (χ3n) is 10.5. The van der Waals surface area contributed by atoms with Crippen molar-refractivity contribution in [2.24, 2.45) is 23.2 Å². The second-order valence-electron chi connectivity index (χ2n) is 14.0. The van der Waals surface area contributed by atoms with Gasteiger partial charge in [0, 0.05) is 25.2 Å². The summed E-state index contributed by atoms with van der Waals surface area (Å²) in [6.45, 7) is 7.12. The molecule has 1 spiro atoms. The molecule has 3 amide bonds. The lowest BCUT2D eigenvalue weighted by molar-refractivity contribution is -0.140. The van der Waals surface area contributed by atoms with E-state index in [4.69, 9.17) is 0 Å². The SMILES string of the molecule is CC[C@@H]1CC12C[C@@H](C(=O)N[C@]13C[C@@H]1/C=C\CCCCNc1ccccc1S(=O)(=O)NC3=O)N(C(=O)C(Nc1ccccn1)C(C)C)C2. The van der Waals surface area contributed by atoms with E-state index in [1.54, 1.807) is 35.4 Å². The monoisotopic (exact) mass is 662 g/mol. The van der Waals surface area contributed by atoms with Crippen LogP contribution >= 0.6 is 0 Å². The molecule has 4 aliphatic rings. The smallest absolute Gasteiger partial charge is 0.266 e. The second kappa shape index (κ2) is 12.9. The Hall–Kier alpha value is -3.93. The predicted molar refractivity (Wildman–Crippen MR) is 180 cm³/mol. The zero-order valence-electron chi connectivity index (χ0n) is 27.4. The second-order valence-corrected chi connectivity index (χ2v) is 15.6.